The van der Waals surface area contributed by atoms with Crippen molar-refractivity contribution in [1.82, 2.24) is 40.4 Å². The van der Waals surface area contributed by atoms with Crippen LogP contribution in [0.4, 0.5) is 0 Å². The van der Waals surface area contributed by atoms with Gasteiger partial charge in [-0.05, 0) is 28.8 Å². The smallest absolute Gasteiger partial charge is 0.232 e. The van der Waals surface area contributed by atoms with Crippen LogP contribution in [0.1, 0.15) is 47.3 Å². The first-order valence-corrected chi connectivity index (χ1v) is 11.5. The topological polar surface area (TPSA) is 115 Å². The van der Waals surface area contributed by atoms with Gasteiger partial charge in [-0.2, -0.15) is 5.21 Å². The third-order valence-corrected chi connectivity index (χ3v) is 5.75. The number of hydrogen-bond donors (Lipinski definition) is 1. The van der Waals surface area contributed by atoms with Crippen molar-refractivity contribution in [1.29, 1.82) is 0 Å². The number of H-pyrrole nitrogens is 1. The first-order valence-electron chi connectivity index (χ1n) is 11.5. The van der Waals surface area contributed by atoms with Gasteiger partial charge >= 0.3 is 0 Å². The Morgan fingerprint density at radius 2 is 1.83 bits per heavy atom. The molecule has 2 aromatic carbocycles. The average molecular weight is 465 g/mol. The number of tetrazole rings is 1. The molecule has 35 heavy (non-hydrogen) atoms. The number of nitrogens with zero attached hydrogens (tertiary/aromatic N) is 7. The summed E-state index contributed by atoms with van der Waals surface area (Å²) in [5, 5.41) is 18.9. The van der Waals surface area contributed by atoms with Crippen LogP contribution in [0.25, 0.3) is 22.5 Å². The van der Waals surface area contributed by atoms with Crippen molar-refractivity contribution in [2.75, 3.05) is 0 Å². The SMILES string of the molecule is CCCCc1nc(C(=O)c2ccccc2)nn1Cc1ccc(-c2cnccc2-c2nn[nH]n2)cc1. The average Bonchev–Trinajstić information content (AvgIpc) is 3.59. The minimum atomic E-state index is -0.164. The van der Waals surface area contributed by atoms with Gasteiger partial charge in [-0.15, -0.1) is 15.3 Å². The minimum Gasteiger partial charge on any atom is -0.285 e. The summed E-state index contributed by atoms with van der Waals surface area (Å²) in [6, 6.07) is 19.2. The van der Waals surface area contributed by atoms with Crippen molar-refractivity contribution in [3.63, 3.8) is 0 Å². The lowest BCUT2D eigenvalue weighted by atomic mass is 10.0. The highest BCUT2D eigenvalue weighted by Crippen LogP contribution is 2.29. The molecule has 174 valence electrons. The van der Waals surface area contributed by atoms with Crippen LogP contribution >= 0.6 is 0 Å². The molecule has 9 nitrogen and oxygen atoms in total. The molecule has 0 saturated carbocycles. The van der Waals surface area contributed by atoms with Gasteiger partial charge in [0.2, 0.25) is 17.4 Å². The number of pyridine rings is 1. The molecule has 0 unspecified atom stereocenters. The van der Waals surface area contributed by atoms with E-state index < -0.39 is 0 Å². The normalized spacial score (nSPS) is 11.0. The number of hydrogen-bond acceptors (Lipinski definition) is 7. The van der Waals surface area contributed by atoms with E-state index in [0.717, 1.165) is 47.3 Å². The van der Waals surface area contributed by atoms with E-state index in [4.69, 9.17) is 0 Å². The summed E-state index contributed by atoms with van der Waals surface area (Å²) < 4.78 is 1.84. The highest BCUT2D eigenvalue weighted by molar-refractivity contribution is 6.06. The monoisotopic (exact) mass is 464 g/mol. The van der Waals surface area contributed by atoms with Gasteiger partial charge in [0.25, 0.3) is 0 Å². The quantitative estimate of drug-likeness (QED) is 0.326. The number of nitrogens with one attached hydrogen (secondary N) is 1. The van der Waals surface area contributed by atoms with Crippen LogP contribution in [0.5, 0.6) is 0 Å². The summed E-state index contributed by atoms with van der Waals surface area (Å²) in [6.45, 7) is 2.66. The molecule has 3 aromatic heterocycles. The molecular formula is C26H24N8O. The summed E-state index contributed by atoms with van der Waals surface area (Å²) >= 11 is 0. The van der Waals surface area contributed by atoms with E-state index in [1.807, 2.05) is 53.2 Å². The largest absolute Gasteiger partial charge is 0.285 e. The summed E-state index contributed by atoms with van der Waals surface area (Å²) in [7, 11) is 0. The molecule has 0 saturated heterocycles. The lowest BCUT2D eigenvalue weighted by Crippen LogP contribution is -2.08. The second kappa shape index (κ2) is 10.2. The third kappa shape index (κ3) is 4.89. The van der Waals surface area contributed by atoms with Gasteiger partial charge in [-0.25, -0.2) is 9.67 Å². The lowest BCUT2D eigenvalue weighted by molar-refractivity contribution is 0.102. The number of aromatic amines is 1. The Bertz CT molecular complexity index is 1410. The highest BCUT2D eigenvalue weighted by Gasteiger charge is 2.18. The number of rotatable bonds is 9. The Hall–Kier alpha value is -4.53. The van der Waals surface area contributed by atoms with Crippen LogP contribution in [-0.2, 0) is 13.0 Å². The zero-order chi connectivity index (χ0) is 24.0. The number of carbonyl (C=O) groups is 1. The van der Waals surface area contributed by atoms with Crippen molar-refractivity contribution >= 4 is 5.78 Å². The fourth-order valence-electron chi connectivity index (χ4n) is 3.89. The van der Waals surface area contributed by atoms with E-state index in [1.165, 1.54) is 0 Å². The second-order valence-electron chi connectivity index (χ2n) is 8.16. The van der Waals surface area contributed by atoms with E-state index in [1.54, 1.807) is 24.5 Å². The fraction of sp³-hybridized carbons (Fsp3) is 0.192. The van der Waals surface area contributed by atoms with Gasteiger partial charge in [0.05, 0.1) is 6.54 Å². The maximum Gasteiger partial charge on any atom is 0.232 e. The Morgan fingerprint density at radius 3 is 2.57 bits per heavy atom. The molecule has 0 fully saturated rings. The molecule has 0 aliphatic carbocycles. The Balaban J connectivity index is 1.41. The predicted octanol–water partition coefficient (Wildman–Crippen LogP) is 4.14. The first kappa shape index (κ1) is 22.3. The van der Waals surface area contributed by atoms with Gasteiger partial charge in [0, 0.05) is 35.5 Å². The molecule has 0 spiro atoms. The summed E-state index contributed by atoms with van der Waals surface area (Å²) in [6.07, 6.45) is 6.30. The van der Waals surface area contributed by atoms with Crippen molar-refractivity contribution < 1.29 is 4.79 Å². The molecule has 0 amide bonds. The highest BCUT2D eigenvalue weighted by atomic mass is 16.1. The molecule has 9 heteroatoms. The van der Waals surface area contributed by atoms with Crippen LogP contribution < -0.4 is 0 Å². The zero-order valence-corrected chi connectivity index (χ0v) is 19.3. The van der Waals surface area contributed by atoms with E-state index >= 15 is 0 Å². The van der Waals surface area contributed by atoms with E-state index in [-0.39, 0.29) is 11.6 Å². The summed E-state index contributed by atoms with van der Waals surface area (Å²) in [4.78, 5) is 21.8. The van der Waals surface area contributed by atoms with Gasteiger partial charge in [-0.3, -0.25) is 9.78 Å². The van der Waals surface area contributed by atoms with Crippen molar-refractivity contribution in [2.45, 2.75) is 32.7 Å². The standard InChI is InChI=1S/C26H24N8O/c1-2-3-9-23-28-26(24(35)20-7-5-4-6-8-20)31-34(23)17-18-10-12-19(13-11-18)22-16-27-15-14-21(22)25-29-32-33-30-25/h4-8,10-16H,2-3,9,17H2,1H3,(H,29,30,32,33). The van der Waals surface area contributed by atoms with Gasteiger partial charge < -0.3 is 0 Å². The van der Waals surface area contributed by atoms with Gasteiger partial charge in [0.1, 0.15) is 5.82 Å². The lowest BCUT2D eigenvalue weighted by Gasteiger charge is -2.09. The number of benzene rings is 2. The molecule has 3 heterocycles. The van der Waals surface area contributed by atoms with Crippen LogP contribution in [0.3, 0.4) is 0 Å². The third-order valence-electron chi connectivity index (χ3n) is 5.75. The molecular weight excluding hydrogens is 440 g/mol. The molecule has 0 aliphatic rings. The molecule has 1 N–H and O–H groups in total. The first-order chi connectivity index (χ1) is 17.2. The van der Waals surface area contributed by atoms with Crippen LogP contribution in [0, 0.1) is 0 Å². The number of ketones is 1. The number of carbonyl (C=O) groups excluding carboxylic acids is 1. The fourth-order valence-corrected chi connectivity index (χ4v) is 3.89. The van der Waals surface area contributed by atoms with Crippen molar-refractivity contribution in [2.24, 2.45) is 0 Å². The van der Waals surface area contributed by atoms with Crippen LogP contribution in [-0.4, -0.2) is 46.2 Å². The van der Waals surface area contributed by atoms with Crippen LogP contribution in [0.15, 0.2) is 73.1 Å². The number of unbranched alkanes of at least 4 members (excludes halogenated alkanes) is 1. The molecule has 5 rings (SSSR count). The van der Waals surface area contributed by atoms with Gasteiger partial charge in [0.15, 0.2) is 0 Å². The van der Waals surface area contributed by atoms with Crippen LogP contribution in [0.2, 0.25) is 0 Å². The second-order valence-corrected chi connectivity index (χ2v) is 8.16. The Morgan fingerprint density at radius 1 is 1.00 bits per heavy atom. The molecule has 0 radical (unpaired) electrons. The van der Waals surface area contributed by atoms with E-state index in [2.05, 4.69) is 42.6 Å². The molecule has 0 atom stereocenters. The molecule has 5 aromatic rings. The predicted molar refractivity (Wildman–Crippen MR) is 130 cm³/mol. The summed E-state index contributed by atoms with van der Waals surface area (Å²) in [5.41, 5.74) is 4.40. The van der Waals surface area contributed by atoms with Crippen molar-refractivity contribution in [3.8, 4) is 22.5 Å². The van der Waals surface area contributed by atoms with E-state index in [0.29, 0.717) is 17.9 Å². The van der Waals surface area contributed by atoms with Gasteiger partial charge in [-0.1, -0.05) is 67.9 Å². The number of aromatic nitrogens is 8. The van der Waals surface area contributed by atoms with Crippen molar-refractivity contribution in [3.05, 3.63) is 95.8 Å². The number of aryl methyl sites for hydroxylation is 1. The zero-order valence-electron chi connectivity index (χ0n) is 19.3. The maximum atomic E-state index is 12.9. The molecule has 0 aliphatic heterocycles. The summed E-state index contributed by atoms with van der Waals surface area (Å²) in [5.74, 6) is 1.41. The van der Waals surface area contributed by atoms with E-state index in [9.17, 15) is 4.79 Å². The Kier molecular flexibility index (Phi) is 6.47. The maximum absolute atomic E-state index is 12.9. The minimum absolute atomic E-state index is 0.164. The Labute approximate surface area is 202 Å². The molecule has 0 bridgehead atoms.